The Bertz CT molecular complexity index is 1110. The lowest BCUT2D eigenvalue weighted by Crippen LogP contribution is -2.19. The molecule has 0 saturated carbocycles. The minimum atomic E-state index is -4.63. The molecule has 2 N–H and O–H groups in total. The number of carbonyl (C=O) groups is 1. The molecule has 0 radical (unpaired) electrons. The standard InChI is InChI=1S/C20H18ClF3N4O3S/c1-30-15-7-3-11(9-16(15)31-2)4-8-17-27-28-19(32-17)26-18(29)25-12-5-6-14(21)13(10-12)20(22,23)24/h3,5-7,9-10H,4,8H2,1-2H3,(H2,25,26,28,29). The lowest BCUT2D eigenvalue weighted by atomic mass is 10.1. The molecular formula is C20H18ClF3N4O3S. The molecule has 2 aromatic carbocycles. The predicted octanol–water partition coefficient (Wildman–Crippen LogP) is 5.66. The Kier molecular flexibility index (Phi) is 7.41. The maximum absolute atomic E-state index is 12.9. The Hall–Kier alpha value is -3.05. The fourth-order valence-electron chi connectivity index (χ4n) is 2.77. The zero-order valence-electron chi connectivity index (χ0n) is 16.9. The van der Waals surface area contributed by atoms with Gasteiger partial charge in [0.05, 0.1) is 24.8 Å². The van der Waals surface area contributed by atoms with Crippen LogP contribution in [0.5, 0.6) is 11.5 Å². The SMILES string of the molecule is COc1ccc(CCc2nnc(NC(=O)Nc3ccc(Cl)c(C(F)(F)F)c3)s2)cc1OC. The van der Waals surface area contributed by atoms with E-state index in [1.165, 1.54) is 17.4 Å². The third-order valence-electron chi connectivity index (χ3n) is 4.29. The number of alkyl halides is 3. The van der Waals surface area contributed by atoms with Crippen molar-refractivity contribution in [3.8, 4) is 11.5 Å². The van der Waals surface area contributed by atoms with Crippen molar-refractivity contribution in [3.05, 3.63) is 57.6 Å². The molecule has 12 heteroatoms. The van der Waals surface area contributed by atoms with E-state index in [2.05, 4.69) is 20.8 Å². The number of nitrogens with zero attached hydrogens (tertiary/aromatic N) is 2. The molecule has 0 aliphatic carbocycles. The average molecular weight is 487 g/mol. The molecule has 3 rings (SSSR count). The third-order valence-corrected chi connectivity index (χ3v) is 5.52. The molecule has 0 atom stereocenters. The summed E-state index contributed by atoms with van der Waals surface area (Å²) in [6.45, 7) is 0. The molecule has 3 aromatic rings. The van der Waals surface area contributed by atoms with Crippen molar-refractivity contribution >= 4 is 39.8 Å². The highest BCUT2D eigenvalue weighted by Crippen LogP contribution is 2.36. The van der Waals surface area contributed by atoms with Gasteiger partial charge >= 0.3 is 12.2 Å². The summed E-state index contributed by atoms with van der Waals surface area (Å²) in [5.74, 6) is 1.25. The number of rotatable bonds is 7. The molecule has 0 saturated heterocycles. The predicted molar refractivity (Wildman–Crippen MR) is 116 cm³/mol. The number of nitrogens with one attached hydrogen (secondary N) is 2. The number of halogens is 4. The fourth-order valence-corrected chi connectivity index (χ4v) is 3.73. The monoisotopic (exact) mass is 486 g/mol. The van der Waals surface area contributed by atoms with E-state index in [1.807, 2.05) is 18.2 Å². The van der Waals surface area contributed by atoms with Gasteiger partial charge in [0.2, 0.25) is 5.13 Å². The number of urea groups is 1. The molecule has 2 amide bonds. The number of hydrogen-bond donors (Lipinski definition) is 2. The van der Waals surface area contributed by atoms with Crippen LogP contribution in [0.15, 0.2) is 36.4 Å². The van der Waals surface area contributed by atoms with Crippen LogP contribution >= 0.6 is 22.9 Å². The Morgan fingerprint density at radius 3 is 2.47 bits per heavy atom. The minimum Gasteiger partial charge on any atom is -0.493 e. The summed E-state index contributed by atoms with van der Waals surface area (Å²) in [5, 5.41) is 13.2. The molecule has 7 nitrogen and oxygen atoms in total. The maximum Gasteiger partial charge on any atom is 0.417 e. The summed E-state index contributed by atoms with van der Waals surface area (Å²) in [5.41, 5.74) is -0.0870. The van der Waals surface area contributed by atoms with Crippen LogP contribution in [0.25, 0.3) is 0 Å². The molecule has 0 unspecified atom stereocenters. The molecule has 0 bridgehead atoms. The van der Waals surface area contributed by atoms with Gasteiger partial charge in [-0.2, -0.15) is 13.2 Å². The second-order valence-electron chi connectivity index (χ2n) is 6.46. The van der Waals surface area contributed by atoms with Crippen molar-refractivity contribution in [2.45, 2.75) is 19.0 Å². The zero-order valence-corrected chi connectivity index (χ0v) is 18.5. The van der Waals surface area contributed by atoms with Crippen molar-refractivity contribution in [2.75, 3.05) is 24.9 Å². The van der Waals surface area contributed by atoms with Gasteiger partial charge in [0, 0.05) is 12.1 Å². The summed E-state index contributed by atoms with van der Waals surface area (Å²) in [4.78, 5) is 12.1. The molecule has 1 heterocycles. The molecular weight excluding hydrogens is 469 g/mol. The van der Waals surface area contributed by atoms with E-state index < -0.39 is 22.8 Å². The molecule has 0 aliphatic rings. The van der Waals surface area contributed by atoms with Crippen LogP contribution in [-0.2, 0) is 19.0 Å². The second-order valence-corrected chi connectivity index (χ2v) is 7.93. The van der Waals surface area contributed by atoms with E-state index in [-0.39, 0.29) is 10.8 Å². The van der Waals surface area contributed by atoms with Gasteiger partial charge < -0.3 is 14.8 Å². The first-order chi connectivity index (χ1) is 15.2. The smallest absolute Gasteiger partial charge is 0.417 e. The number of anilines is 2. The Morgan fingerprint density at radius 1 is 1.03 bits per heavy atom. The number of ether oxygens (including phenoxy) is 2. The minimum absolute atomic E-state index is 0.0579. The van der Waals surface area contributed by atoms with Gasteiger partial charge in [-0.15, -0.1) is 10.2 Å². The highest BCUT2D eigenvalue weighted by molar-refractivity contribution is 7.15. The number of amides is 2. The number of carbonyl (C=O) groups excluding carboxylic acids is 1. The van der Waals surface area contributed by atoms with Crippen LogP contribution in [-0.4, -0.2) is 30.4 Å². The number of methoxy groups -OCH3 is 2. The lowest BCUT2D eigenvalue weighted by Gasteiger charge is -2.11. The quantitative estimate of drug-likeness (QED) is 0.450. The van der Waals surface area contributed by atoms with Gasteiger partial charge in [0.15, 0.2) is 11.5 Å². The van der Waals surface area contributed by atoms with Gasteiger partial charge in [-0.05, 0) is 42.3 Å². The summed E-state index contributed by atoms with van der Waals surface area (Å²) in [7, 11) is 3.12. The third kappa shape index (κ3) is 6.01. The van der Waals surface area contributed by atoms with Crippen LogP contribution < -0.4 is 20.1 Å². The van der Waals surface area contributed by atoms with E-state index in [1.54, 1.807) is 14.2 Å². The topological polar surface area (TPSA) is 85.4 Å². The fraction of sp³-hybridized carbons (Fsp3) is 0.250. The van der Waals surface area contributed by atoms with Gasteiger partial charge in [-0.25, -0.2) is 4.79 Å². The van der Waals surface area contributed by atoms with E-state index in [9.17, 15) is 18.0 Å². The van der Waals surface area contributed by atoms with E-state index >= 15 is 0 Å². The largest absolute Gasteiger partial charge is 0.493 e. The summed E-state index contributed by atoms with van der Waals surface area (Å²) < 4.78 is 49.3. The van der Waals surface area contributed by atoms with Gasteiger partial charge in [-0.1, -0.05) is 29.0 Å². The number of aromatic nitrogens is 2. The van der Waals surface area contributed by atoms with Crippen molar-refractivity contribution in [3.63, 3.8) is 0 Å². The number of aryl methyl sites for hydroxylation is 2. The highest BCUT2D eigenvalue weighted by Gasteiger charge is 2.33. The van der Waals surface area contributed by atoms with Crippen LogP contribution in [0.4, 0.5) is 28.8 Å². The normalized spacial score (nSPS) is 11.2. The highest BCUT2D eigenvalue weighted by atomic mass is 35.5. The van der Waals surface area contributed by atoms with Crippen molar-refractivity contribution < 1.29 is 27.4 Å². The summed E-state index contributed by atoms with van der Waals surface area (Å²) in [6, 6.07) is 7.94. The van der Waals surface area contributed by atoms with Gasteiger partial charge in [-0.3, -0.25) is 5.32 Å². The molecule has 32 heavy (non-hydrogen) atoms. The first-order valence-electron chi connectivity index (χ1n) is 9.17. The van der Waals surface area contributed by atoms with Crippen molar-refractivity contribution in [2.24, 2.45) is 0 Å². The Balaban J connectivity index is 1.58. The van der Waals surface area contributed by atoms with Crippen LogP contribution in [0.3, 0.4) is 0 Å². The van der Waals surface area contributed by atoms with E-state index in [0.29, 0.717) is 29.3 Å². The molecule has 170 valence electrons. The van der Waals surface area contributed by atoms with Gasteiger partial charge in [0.1, 0.15) is 5.01 Å². The molecule has 1 aromatic heterocycles. The summed E-state index contributed by atoms with van der Waals surface area (Å²) >= 11 is 6.75. The lowest BCUT2D eigenvalue weighted by molar-refractivity contribution is -0.137. The van der Waals surface area contributed by atoms with Crippen molar-refractivity contribution in [1.82, 2.24) is 10.2 Å². The number of hydrogen-bond acceptors (Lipinski definition) is 6. The Labute approximate surface area is 190 Å². The van der Waals surface area contributed by atoms with E-state index in [0.717, 1.165) is 17.7 Å². The van der Waals surface area contributed by atoms with Crippen LogP contribution in [0, 0.1) is 0 Å². The van der Waals surface area contributed by atoms with E-state index in [4.69, 9.17) is 21.1 Å². The molecule has 0 aliphatic heterocycles. The average Bonchev–Trinajstić information content (AvgIpc) is 3.19. The first-order valence-corrected chi connectivity index (χ1v) is 10.4. The Morgan fingerprint density at radius 2 is 1.78 bits per heavy atom. The second kappa shape index (κ2) is 10.0. The summed E-state index contributed by atoms with van der Waals surface area (Å²) in [6.07, 6.45) is -3.40. The molecule has 0 spiro atoms. The number of benzene rings is 2. The maximum atomic E-state index is 12.9. The van der Waals surface area contributed by atoms with Gasteiger partial charge in [0.25, 0.3) is 0 Å². The van der Waals surface area contributed by atoms with Crippen LogP contribution in [0.1, 0.15) is 16.1 Å². The zero-order chi connectivity index (χ0) is 23.3. The molecule has 0 fully saturated rings. The van der Waals surface area contributed by atoms with Crippen molar-refractivity contribution in [1.29, 1.82) is 0 Å². The van der Waals surface area contributed by atoms with Crippen LogP contribution in [0.2, 0.25) is 5.02 Å². The first kappa shape index (κ1) is 23.6.